The minimum Gasteiger partial charge on any atom is -0.395 e. The molecule has 5 heteroatoms. The first kappa shape index (κ1) is 12.9. The van der Waals surface area contributed by atoms with Gasteiger partial charge < -0.3 is 5.11 Å². The lowest BCUT2D eigenvalue weighted by Gasteiger charge is -2.33. The van der Waals surface area contributed by atoms with Gasteiger partial charge in [0.1, 0.15) is 0 Å². The molecule has 0 saturated heterocycles. The van der Waals surface area contributed by atoms with Crippen LogP contribution >= 0.6 is 0 Å². The van der Waals surface area contributed by atoms with Crippen LogP contribution in [0.1, 0.15) is 33.6 Å². The summed E-state index contributed by atoms with van der Waals surface area (Å²) in [6.07, 6.45) is 1.46. The fraction of sp³-hybridized carbons (Fsp3) is 1.00. The molecule has 1 N–H and O–H groups in total. The van der Waals surface area contributed by atoms with Crippen molar-refractivity contribution >= 4 is 10.0 Å². The minimum absolute atomic E-state index is 0.129. The number of hydrogen-bond acceptors (Lipinski definition) is 3. The molecular formula is C10H21NO3S. The molecule has 0 heterocycles. The van der Waals surface area contributed by atoms with E-state index in [4.69, 9.17) is 5.11 Å². The van der Waals surface area contributed by atoms with Gasteiger partial charge in [-0.3, -0.25) is 0 Å². The fourth-order valence-corrected chi connectivity index (χ4v) is 4.38. The van der Waals surface area contributed by atoms with Crippen molar-refractivity contribution in [2.45, 2.75) is 38.4 Å². The highest BCUT2D eigenvalue weighted by molar-refractivity contribution is 7.90. The van der Waals surface area contributed by atoms with E-state index in [9.17, 15) is 8.42 Å². The van der Waals surface area contributed by atoms with Gasteiger partial charge in [-0.05, 0) is 18.3 Å². The Kier molecular flexibility index (Phi) is 3.20. The van der Waals surface area contributed by atoms with Crippen LogP contribution in [0.5, 0.6) is 0 Å². The van der Waals surface area contributed by atoms with E-state index >= 15 is 0 Å². The molecule has 0 aliphatic heterocycles. The van der Waals surface area contributed by atoms with Crippen LogP contribution in [-0.4, -0.2) is 42.8 Å². The third kappa shape index (κ3) is 1.92. The van der Waals surface area contributed by atoms with Gasteiger partial charge in [-0.15, -0.1) is 0 Å². The summed E-state index contributed by atoms with van der Waals surface area (Å²) in [6.45, 7) is 5.94. The topological polar surface area (TPSA) is 57.6 Å². The standard InChI is InChI=1S/C10H21NO3S/c1-9(2,3)10(5-6-10)15(13,14)11(4)7-8-12/h12H,5-8H2,1-4H3. The highest BCUT2D eigenvalue weighted by Crippen LogP contribution is 2.56. The first-order chi connectivity index (χ1) is 6.69. The summed E-state index contributed by atoms with van der Waals surface area (Å²) < 4.78 is 25.2. The van der Waals surface area contributed by atoms with E-state index in [0.717, 1.165) is 12.8 Å². The zero-order valence-corrected chi connectivity index (χ0v) is 10.8. The van der Waals surface area contributed by atoms with E-state index in [2.05, 4.69) is 0 Å². The van der Waals surface area contributed by atoms with E-state index in [1.54, 1.807) is 0 Å². The highest BCUT2D eigenvalue weighted by Gasteiger charge is 2.62. The fourth-order valence-electron chi connectivity index (χ4n) is 2.07. The van der Waals surface area contributed by atoms with E-state index in [1.165, 1.54) is 11.4 Å². The van der Waals surface area contributed by atoms with Crippen molar-refractivity contribution in [1.82, 2.24) is 4.31 Å². The van der Waals surface area contributed by atoms with Gasteiger partial charge in [0.2, 0.25) is 10.0 Å². The molecule has 0 aromatic heterocycles. The molecule has 1 rings (SSSR count). The van der Waals surface area contributed by atoms with Crippen LogP contribution in [0.25, 0.3) is 0 Å². The van der Waals surface area contributed by atoms with Crippen molar-refractivity contribution in [3.63, 3.8) is 0 Å². The maximum absolute atomic E-state index is 12.3. The summed E-state index contributed by atoms with van der Waals surface area (Å²) in [5.41, 5.74) is -0.241. The zero-order chi connectivity index (χ0) is 11.9. The lowest BCUT2D eigenvalue weighted by molar-refractivity contribution is 0.260. The Morgan fingerprint density at radius 1 is 1.33 bits per heavy atom. The van der Waals surface area contributed by atoms with E-state index in [-0.39, 0.29) is 18.6 Å². The van der Waals surface area contributed by atoms with E-state index in [1.807, 2.05) is 20.8 Å². The number of nitrogens with zero attached hydrogens (tertiary/aromatic N) is 1. The van der Waals surface area contributed by atoms with Gasteiger partial charge in [-0.1, -0.05) is 20.8 Å². The van der Waals surface area contributed by atoms with Crippen molar-refractivity contribution < 1.29 is 13.5 Å². The van der Waals surface area contributed by atoms with Crippen LogP contribution in [0.4, 0.5) is 0 Å². The third-order valence-corrected chi connectivity index (χ3v) is 6.40. The number of hydrogen-bond donors (Lipinski definition) is 1. The smallest absolute Gasteiger partial charge is 0.220 e. The Bertz CT molecular complexity index is 325. The number of sulfonamides is 1. The maximum Gasteiger partial charge on any atom is 0.220 e. The van der Waals surface area contributed by atoms with Gasteiger partial charge in [0.15, 0.2) is 0 Å². The Hall–Kier alpha value is -0.130. The lowest BCUT2D eigenvalue weighted by atomic mass is 9.90. The van der Waals surface area contributed by atoms with Crippen LogP contribution < -0.4 is 0 Å². The van der Waals surface area contributed by atoms with Crippen molar-refractivity contribution in [2.75, 3.05) is 20.2 Å². The zero-order valence-electron chi connectivity index (χ0n) is 9.95. The van der Waals surface area contributed by atoms with Crippen molar-refractivity contribution in [3.8, 4) is 0 Å². The van der Waals surface area contributed by atoms with Gasteiger partial charge in [-0.25, -0.2) is 12.7 Å². The lowest BCUT2D eigenvalue weighted by Crippen LogP contribution is -2.46. The van der Waals surface area contributed by atoms with Crippen LogP contribution in [0.15, 0.2) is 0 Å². The molecule has 1 aliphatic carbocycles. The Morgan fingerprint density at radius 3 is 2.07 bits per heavy atom. The van der Waals surface area contributed by atoms with Crippen LogP contribution in [0.3, 0.4) is 0 Å². The normalized spacial score (nSPS) is 20.7. The summed E-state index contributed by atoms with van der Waals surface area (Å²) in [6, 6.07) is 0. The van der Waals surface area contributed by atoms with Gasteiger partial charge in [-0.2, -0.15) is 0 Å². The molecule has 1 fully saturated rings. The van der Waals surface area contributed by atoms with E-state index in [0.29, 0.717) is 0 Å². The predicted molar refractivity (Wildman–Crippen MR) is 60.1 cm³/mol. The molecule has 0 atom stereocenters. The number of aliphatic hydroxyl groups is 1. The molecule has 4 nitrogen and oxygen atoms in total. The molecule has 1 aliphatic rings. The molecule has 0 aromatic carbocycles. The molecule has 0 radical (unpaired) electrons. The van der Waals surface area contributed by atoms with Crippen LogP contribution in [0.2, 0.25) is 0 Å². The van der Waals surface area contributed by atoms with Crippen LogP contribution in [0, 0.1) is 5.41 Å². The molecule has 0 amide bonds. The summed E-state index contributed by atoms with van der Waals surface area (Å²) in [5.74, 6) is 0. The average Bonchev–Trinajstić information content (AvgIpc) is 2.82. The van der Waals surface area contributed by atoms with Crippen molar-refractivity contribution in [2.24, 2.45) is 5.41 Å². The summed E-state index contributed by atoms with van der Waals surface area (Å²) >= 11 is 0. The minimum atomic E-state index is -3.27. The number of likely N-dealkylation sites (N-methyl/N-ethyl adjacent to an activating group) is 1. The maximum atomic E-state index is 12.3. The van der Waals surface area contributed by atoms with Gasteiger partial charge in [0, 0.05) is 13.6 Å². The first-order valence-electron chi connectivity index (χ1n) is 5.26. The monoisotopic (exact) mass is 235 g/mol. The molecule has 0 spiro atoms. The molecule has 0 unspecified atom stereocenters. The Labute approximate surface area is 92.3 Å². The predicted octanol–water partition coefficient (Wildman–Crippen LogP) is 0.819. The molecule has 1 saturated carbocycles. The third-order valence-electron chi connectivity index (χ3n) is 3.39. The summed E-state index contributed by atoms with van der Waals surface area (Å²) in [7, 11) is -1.73. The van der Waals surface area contributed by atoms with Gasteiger partial charge in [0.25, 0.3) is 0 Å². The number of rotatable bonds is 4. The van der Waals surface area contributed by atoms with Gasteiger partial charge in [0.05, 0.1) is 11.4 Å². The van der Waals surface area contributed by atoms with Gasteiger partial charge >= 0.3 is 0 Å². The largest absolute Gasteiger partial charge is 0.395 e. The van der Waals surface area contributed by atoms with Crippen molar-refractivity contribution in [3.05, 3.63) is 0 Å². The Morgan fingerprint density at radius 2 is 1.80 bits per heavy atom. The molecule has 15 heavy (non-hydrogen) atoms. The Balaban J connectivity index is 2.97. The molecule has 90 valence electrons. The second-order valence-corrected chi connectivity index (χ2v) is 7.65. The quantitative estimate of drug-likeness (QED) is 0.785. The van der Waals surface area contributed by atoms with Crippen LogP contribution in [-0.2, 0) is 10.0 Å². The van der Waals surface area contributed by atoms with Crippen molar-refractivity contribution in [1.29, 1.82) is 0 Å². The average molecular weight is 235 g/mol. The molecule has 0 aromatic rings. The summed E-state index contributed by atoms with van der Waals surface area (Å²) in [5, 5.41) is 8.78. The SMILES string of the molecule is CN(CCO)S(=O)(=O)C1(C(C)(C)C)CC1. The second kappa shape index (κ2) is 3.71. The van der Waals surface area contributed by atoms with E-state index < -0.39 is 14.8 Å². The number of aliphatic hydroxyl groups excluding tert-OH is 1. The highest BCUT2D eigenvalue weighted by atomic mass is 32.2. The molecule has 0 bridgehead atoms. The molecular weight excluding hydrogens is 214 g/mol. The first-order valence-corrected chi connectivity index (χ1v) is 6.70. The second-order valence-electron chi connectivity index (χ2n) is 5.29. The summed E-state index contributed by atoms with van der Waals surface area (Å²) in [4.78, 5) is 0.